The highest BCUT2D eigenvalue weighted by Gasteiger charge is 2.30. The predicted molar refractivity (Wildman–Crippen MR) is 91.3 cm³/mol. The first-order valence-corrected chi connectivity index (χ1v) is 8.62. The number of rotatable bonds is 6. The second-order valence-electron chi connectivity index (χ2n) is 6.85. The average molecular weight is 344 g/mol. The van der Waals surface area contributed by atoms with E-state index >= 15 is 0 Å². The van der Waals surface area contributed by atoms with Crippen molar-refractivity contribution in [1.82, 2.24) is 20.0 Å². The highest BCUT2D eigenvalue weighted by Crippen LogP contribution is 2.24. The summed E-state index contributed by atoms with van der Waals surface area (Å²) < 4.78 is 7.08. The van der Waals surface area contributed by atoms with Gasteiger partial charge in [-0.3, -0.25) is 14.3 Å². The van der Waals surface area contributed by atoms with Crippen LogP contribution in [0.2, 0.25) is 0 Å². The van der Waals surface area contributed by atoms with Crippen molar-refractivity contribution >= 4 is 11.8 Å². The maximum Gasteiger partial charge on any atom is 0.223 e. The molecular weight excluding hydrogens is 320 g/mol. The Hall–Kier alpha value is -2.57. The van der Waals surface area contributed by atoms with Crippen LogP contribution in [0.25, 0.3) is 0 Å². The molecule has 7 nitrogen and oxygen atoms in total. The predicted octanol–water partition coefficient (Wildman–Crippen LogP) is 2.11. The highest BCUT2D eigenvalue weighted by molar-refractivity contribution is 5.78. The van der Waals surface area contributed by atoms with E-state index in [1.54, 1.807) is 18.5 Å². The highest BCUT2D eigenvalue weighted by atomic mass is 16.3. The van der Waals surface area contributed by atoms with Gasteiger partial charge < -0.3 is 14.6 Å². The van der Waals surface area contributed by atoms with Crippen molar-refractivity contribution < 1.29 is 14.0 Å². The number of fused-ring (bicyclic) bond motifs is 1. The molecule has 2 aromatic heterocycles. The molecule has 0 saturated heterocycles. The molecule has 0 aliphatic carbocycles. The summed E-state index contributed by atoms with van der Waals surface area (Å²) in [5, 5.41) is 7.19. The fourth-order valence-corrected chi connectivity index (χ4v) is 3.09. The second-order valence-corrected chi connectivity index (χ2v) is 6.85. The second kappa shape index (κ2) is 7.55. The zero-order chi connectivity index (χ0) is 17.8. The molecular formula is C18H24N4O3. The molecule has 0 radical (unpaired) electrons. The molecule has 2 amide bonds. The summed E-state index contributed by atoms with van der Waals surface area (Å²) in [5.74, 6) is 1.07. The largest absolute Gasteiger partial charge is 0.467 e. The van der Waals surface area contributed by atoms with Crippen LogP contribution >= 0.6 is 0 Å². The van der Waals surface area contributed by atoms with E-state index in [-0.39, 0.29) is 24.3 Å². The minimum atomic E-state index is -0.147. The van der Waals surface area contributed by atoms with E-state index in [0.29, 0.717) is 37.7 Å². The molecule has 3 rings (SSSR count). The van der Waals surface area contributed by atoms with Gasteiger partial charge in [-0.05, 0) is 24.1 Å². The van der Waals surface area contributed by atoms with E-state index < -0.39 is 0 Å². The summed E-state index contributed by atoms with van der Waals surface area (Å²) in [5.41, 5.74) is 0.965. The Labute approximate surface area is 147 Å². The SMILES string of the molecule is CC(C)CC(=O)N1Cc2ccnn2[C@@H](CC(=O)NCc2ccco2)C1. The van der Waals surface area contributed by atoms with Crippen LogP contribution in [-0.4, -0.2) is 33.0 Å². The van der Waals surface area contributed by atoms with Crippen LogP contribution in [0.4, 0.5) is 0 Å². The van der Waals surface area contributed by atoms with Gasteiger partial charge in [-0.2, -0.15) is 5.10 Å². The Morgan fingerprint density at radius 3 is 2.96 bits per heavy atom. The van der Waals surface area contributed by atoms with Crippen molar-refractivity contribution in [3.63, 3.8) is 0 Å². The summed E-state index contributed by atoms with van der Waals surface area (Å²) in [4.78, 5) is 26.6. The summed E-state index contributed by atoms with van der Waals surface area (Å²) in [6.07, 6.45) is 4.10. The summed E-state index contributed by atoms with van der Waals surface area (Å²) >= 11 is 0. The lowest BCUT2D eigenvalue weighted by atomic mass is 10.1. The van der Waals surface area contributed by atoms with Gasteiger partial charge >= 0.3 is 0 Å². The standard InChI is InChI=1S/C18H24N4O3/c1-13(2)8-18(24)21-11-14-5-6-20-22(14)15(12-21)9-17(23)19-10-16-4-3-7-25-16/h3-7,13,15H,8-12H2,1-2H3,(H,19,23)/t15-/m0/s1. The van der Waals surface area contributed by atoms with Gasteiger partial charge in [0.1, 0.15) is 5.76 Å². The summed E-state index contributed by atoms with van der Waals surface area (Å²) in [7, 11) is 0. The van der Waals surface area contributed by atoms with Crippen LogP contribution in [-0.2, 0) is 22.7 Å². The van der Waals surface area contributed by atoms with E-state index in [2.05, 4.69) is 10.4 Å². The zero-order valence-electron chi connectivity index (χ0n) is 14.6. The fraction of sp³-hybridized carbons (Fsp3) is 0.500. The minimum Gasteiger partial charge on any atom is -0.467 e. The molecule has 7 heteroatoms. The van der Waals surface area contributed by atoms with E-state index in [1.807, 2.05) is 35.6 Å². The quantitative estimate of drug-likeness (QED) is 0.870. The minimum absolute atomic E-state index is 0.0824. The van der Waals surface area contributed by atoms with Gasteiger partial charge in [0.2, 0.25) is 11.8 Å². The Morgan fingerprint density at radius 1 is 1.40 bits per heavy atom. The number of furan rings is 1. The zero-order valence-corrected chi connectivity index (χ0v) is 14.6. The van der Waals surface area contributed by atoms with E-state index in [9.17, 15) is 9.59 Å². The van der Waals surface area contributed by atoms with Gasteiger partial charge in [-0.25, -0.2) is 0 Å². The van der Waals surface area contributed by atoms with Gasteiger partial charge in [0, 0.05) is 19.2 Å². The third kappa shape index (κ3) is 4.29. The molecule has 0 spiro atoms. The van der Waals surface area contributed by atoms with Crippen LogP contribution in [0.5, 0.6) is 0 Å². The van der Waals surface area contributed by atoms with E-state index in [1.165, 1.54) is 0 Å². The van der Waals surface area contributed by atoms with E-state index in [0.717, 1.165) is 5.69 Å². The molecule has 0 bridgehead atoms. The average Bonchev–Trinajstić information content (AvgIpc) is 3.23. The van der Waals surface area contributed by atoms with Gasteiger partial charge in [-0.15, -0.1) is 0 Å². The van der Waals surface area contributed by atoms with Crippen LogP contribution in [0.15, 0.2) is 35.1 Å². The molecule has 0 fully saturated rings. The number of nitrogens with zero attached hydrogens (tertiary/aromatic N) is 3. The lowest BCUT2D eigenvalue weighted by molar-refractivity contribution is -0.135. The number of nitrogens with one attached hydrogen (secondary N) is 1. The Balaban J connectivity index is 1.63. The summed E-state index contributed by atoms with van der Waals surface area (Å²) in [6.45, 7) is 5.49. The topological polar surface area (TPSA) is 80.4 Å². The summed E-state index contributed by atoms with van der Waals surface area (Å²) in [6, 6.07) is 5.37. The maximum atomic E-state index is 12.4. The molecule has 0 unspecified atom stereocenters. The fourth-order valence-electron chi connectivity index (χ4n) is 3.09. The third-order valence-electron chi connectivity index (χ3n) is 4.28. The first-order chi connectivity index (χ1) is 12.0. The number of carbonyl (C=O) groups is 2. The Bertz CT molecular complexity index is 721. The lowest BCUT2D eigenvalue weighted by Crippen LogP contribution is -2.43. The Kier molecular flexibility index (Phi) is 5.21. The Morgan fingerprint density at radius 2 is 2.24 bits per heavy atom. The maximum absolute atomic E-state index is 12.4. The molecule has 3 heterocycles. The van der Waals surface area contributed by atoms with Crippen molar-refractivity contribution in [2.45, 2.75) is 45.8 Å². The van der Waals surface area contributed by atoms with Crippen molar-refractivity contribution in [2.75, 3.05) is 6.54 Å². The first-order valence-electron chi connectivity index (χ1n) is 8.62. The smallest absolute Gasteiger partial charge is 0.223 e. The molecule has 2 aromatic rings. The van der Waals surface area contributed by atoms with Gasteiger partial charge in [0.05, 0.1) is 37.5 Å². The molecule has 25 heavy (non-hydrogen) atoms. The van der Waals surface area contributed by atoms with Crippen LogP contribution in [0.3, 0.4) is 0 Å². The monoisotopic (exact) mass is 344 g/mol. The van der Waals surface area contributed by atoms with Gasteiger partial charge in [-0.1, -0.05) is 13.8 Å². The number of aromatic nitrogens is 2. The van der Waals surface area contributed by atoms with E-state index in [4.69, 9.17) is 4.42 Å². The van der Waals surface area contributed by atoms with Gasteiger partial charge in [0.25, 0.3) is 0 Å². The molecule has 134 valence electrons. The molecule has 1 aliphatic heterocycles. The van der Waals surface area contributed by atoms with Crippen molar-refractivity contribution in [1.29, 1.82) is 0 Å². The number of carbonyl (C=O) groups excluding carboxylic acids is 2. The van der Waals surface area contributed by atoms with Crippen molar-refractivity contribution in [2.24, 2.45) is 5.92 Å². The molecule has 1 N–H and O–H groups in total. The van der Waals surface area contributed by atoms with Gasteiger partial charge in [0.15, 0.2) is 0 Å². The first kappa shape index (κ1) is 17.3. The van der Waals surface area contributed by atoms with Crippen LogP contribution < -0.4 is 5.32 Å². The lowest BCUT2D eigenvalue weighted by Gasteiger charge is -2.34. The third-order valence-corrected chi connectivity index (χ3v) is 4.28. The number of amides is 2. The number of hydrogen-bond acceptors (Lipinski definition) is 4. The molecule has 1 atom stereocenters. The number of hydrogen-bond donors (Lipinski definition) is 1. The van der Waals surface area contributed by atoms with Crippen molar-refractivity contribution in [3.8, 4) is 0 Å². The van der Waals surface area contributed by atoms with Crippen LogP contribution in [0, 0.1) is 5.92 Å². The molecule has 1 aliphatic rings. The molecule has 0 aromatic carbocycles. The van der Waals surface area contributed by atoms with Crippen molar-refractivity contribution in [3.05, 3.63) is 42.1 Å². The van der Waals surface area contributed by atoms with Crippen LogP contribution in [0.1, 0.15) is 44.2 Å². The molecule has 0 saturated carbocycles. The normalized spacial score (nSPS) is 16.8.